The summed E-state index contributed by atoms with van der Waals surface area (Å²) in [7, 11) is 3.57. The summed E-state index contributed by atoms with van der Waals surface area (Å²) in [5, 5.41) is 3.40. The highest BCUT2D eigenvalue weighted by Gasteiger charge is 2.24. The minimum absolute atomic E-state index is 0.164. The van der Waals surface area contributed by atoms with Gasteiger partial charge in [0.25, 0.3) is 0 Å². The number of hydrogen-bond acceptors (Lipinski definition) is 2. The number of aryl methyl sites for hydroxylation is 1. The summed E-state index contributed by atoms with van der Waals surface area (Å²) in [5.74, 6) is 1.39. The van der Waals surface area contributed by atoms with Crippen LogP contribution in [0.15, 0.2) is 29.3 Å². The fourth-order valence-corrected chi connectivity index (χ4v) is 2.91. The van der Waals surface area contributed by atoms with E-state index in [4.69, 9.17) is 4.74 Å². The first kappa shape index (κ1) is 16.7. The fraction of sp³-hybridized carbons (Fsp3) is 0.588. The minimum Gasteiger partial charge on any atom is -0.384 e. The first-order chi connectivity index (χ1) is 10.7. The van der Waals surface area contributed by atoms with E-state index in [-0.39, 0.29) is 5.82 Å². The average Bonchev–Trinajstić information content (AvgIpc) is 2.96. The highest BCUT2D eigenvalue weighted by molar-refractivity contribution is 5.80. The van der Waals surface area contributed by atoms with Crippen molar-refractivity contribution in [3.05, 3.63) is 35.6 Å². The van der Waals surface area contributed by atoms with E-state index in [1.165, 1.54) is 6.07 Å². The standard InChI is InChI=1S/C17H26FN3O/c1-19-17(21-10-8-15(12-21)13-22-2)20-9-4-6-14-5-3-7-16(18)11-14/h3,5,7,11,15H,4,6,8-10,12-13H2,1-2H3,(H,19,20). The Balaban J connectivity index is 1.71. The zero-order valence-electron chi connectivity index (χ0n) is 13.5. The lowest BCUT2D eigenvalue weighted by Crippen LogP contribution is -2.40. The van der Waals surface area contributed by atoms with E-state index >= 15 is 0 Å². The molecule has 0 bridgehead atoms. The van der Waals surface area contributed by atoms with E-state index in [1.54, 1.807) is 19.2 Å². The third kappa shape index (κ3) is 4.98. The second kappa shape index (κ2) is 8.73. The Hall–Kier alpha value is -1.62. The number of guanidine groups is 1. The summed E-state index contributed by atoms with van der Waals surface area (Å²) in [4.78, 5) is 6.64. The number of benzene rings is 1. The first-order valence-electron chi connectivity index (χ1n) is 7.92. The third-order valence-corrected chi connectivity index (χ3v) is 4.01. The molecule has 0 saturated carbocycles. The Labute approximate surface area is 132 Å². The molecule has 2 rings (SSSR count). The number of hydrogen-bond donors (Lipinski definition) is 1. The molecule has 0 radical (unpaired) electrons. The van der Waals surface area contributed by atoms with Crippen LogP contribution in [0.2, 0.25) is 0 Å². The van der Waals surface area contributed by atoms with Crippen molar-refractivity contribution in [2.24, 2.45) is 10.9 Å². The van der Waals surface area contributed by atoms with Gasteiger partial charge in [0.2, 0.25) is 0 Å². The molecule has 1 aliphatic heterocycles. The summed E-state index contributed by atoms with van der Waals surface area (Å²) in [6.07, 6.45) is 2.98. The minimum atomic E-state index is -0.164. The third-order valence-electron chi connectivity index (χ3n) is 4.01. The number of nitrogens with zero attached hydrogens (tertiary/aromatic N) is 2. The number of likely N-dealkylation sites (tertiary alicyclic amines) is 1. The fourth-order valence-electron chi connectivity index (χ4n) is 2.91. The predicted octanol–water partition coefficient (Wildman–Crippen LogP) is 2.30. The van der Waals surface area contributed by atoms with Crippen LogP contribution in [0.5, 0.6) is 0 Å². The average molecular weight is 307 g/mol. The molecular formula is C17H26FN3O. The van der Waals surface area contributed by atoms with Gasteiger partial charge in [0.15, 0.2) is 5.96 Å². The van der Waals surface area contributed by atoms with Gasteiger partial charge in [0, 0.05) is 39.7 Å². The molecule has 1 unspecified atom stereocenters. The molecule has 1 saturated heterocycles. The van der Waals surface area contributed by atoms with E-state index in [0.29, 0.717) is 5.92 Å². The van der Waals surface area contributed by atoms with Crippen molar-refractivity contribution in [3.8, 4) is 0 Å². The van der Waals surface area contributed by atoms with Gasteiger partial charge in [-0.05, 0) is 37.0 Å². The maximum Gasteiger partial charge on any atom is 0.193 e. The van der Waals surface area contributed by atoms with E-state index in [1.807, 2.05) is 13.1 Å². The van der Waals surface area contributed by atoms with Crippen LogP contribution in [0.4, 0.5) is 4.39 Å². The number of nitrogens with one attached hydrogen (secondary N) is 1. The molecule has 0 aromatic heterocycles. The second-order valence-corrected chi connectivity index (χ2v) is 5.76. The Bertz CT molecular complexity index is 493. The molecule has 5 heteroatoms. The molecule has 22 heavy (non-hydrogen) atoms. The SMILES string of the molecule is CN=C(NCCCc1cccc(F)c1)N1CCC(COC)C1. The van der Waals surface area contributed by atoms with Crippen LogP contribution < -0.4 is 5.32 Å². The summed E-state index contributed by atoms with van der Waals surface area (Å²) in [6.45, 7) is 3.68. The van der Waals surface area contributed by atoms with Crippen molar-refractivity contribution in [2.75, 3.05) is 40.4 Å². The van der Waals surface area contributed by atoms with E-state index in [9.17, 15) is 4.39 Å². The molecule has 1 aromatic rings. The molecule has 1 heterocycles. The van der Waals surface area contributed by atoms with Gasteiger partial charge in [-0.15, -0.1) is 0 Å². The van der Waals surface area contributed by atoms with Crippen molar-refractivity contribution >= 4 is 5.96 Å². The van der Waals surface area contributed by atoms with Gasteiger partial charge in [-0.2, -0.15) is 0 Å². The zero-order chi connectivity index (χ0) is 15.8. The molecule has 1 atom stereocenters. The van der Waals surface area contributed by atoms with Crippen molar-refractivity contribution in [1.82, 2.24) is 10.2 Å². The molecule has 4 nitrogen and oxygen atoms in total. The van der Waals surface area contributed by atoms with Crippen LogP contribution >= 0.6 is 0 Å². The van der Waals surface area contributed by atoms with Crippen molar-refractivity contribution < 1.29 is 9.13 Å². The Morgan fingerprint density at radius 3 is 3.09 bits per heavy atom. The predicted molar refractivity (Wildman–Crippen MR) is 87.6 cm³/mol. The van der Waals surface area contributed by atoms with E-state index < -0.39 is 0 Å². The Morgan fingerprint density at radius 2 is 2.36 bits per heavy atom. The van der Waals surface area contributed by atoms with Gasteiger partial charge in [-0.3, -0.25) is 4.99 Å². The molecular weight excluding hydrogens is 281 g/mol. The van der Waals surface area contributed by atoms with E-state index in [2.05, 4.69) is 15.2 Å². The monoisotopic (exact) mass is 307 g/mol. The van der Waals surface area contributed by atoms with Gasteiger partial charge in [-0.1, -0.05) is 12.1 Å². The van der Waals surface area contributed by atoms with Crippen LogP contribution in [0.3, 0.4) is 0 Å². The maximum atomic E-state index is 13.1. The lowest BCUT2D eigenvalue weighted by atomic mass is 10.1. The zero-order valence-corrected chi connectivity index (χ0v) is 13.5. The van der Waals surface area contributed by atoms with Gasteiger partial charge in [0.05, 0.1) is 6.61 Å². The molecule has 1 N–H and O–H groups in total. The van der Waals surface area contributed by atoms with Crippen LogP contribution in [-0.4, -0.2) is 51.3 Å². The van der Waals surface area contributed by atoms with Crippen LogP contribution in [-0.2, 0) is 11.2 Å². The van der Waals surface area contributed by atoms with Gasteiger partial charge in [0.1, 0.15) is 5.82 Å². The Morgan fingerprint density at radius 1 is 1.50 bits per heavy atom. The molecule has 0 amide bonds. The van der Waals surface area contributed by atoms with Crippen LogP contribution in [0, 0.1) is 11.7 Å². The molecule has 122 valence electrons. The lowest BCUT2D eigenvalue weighted by Gasteiger charge is -2.21. The largest absolute Gasteiger partial charge is 0.384 e. The number of halogens is 1. The first-order valence-corrected chi connectivity index (χ1v) is 7.92. The van der Waals surface area contributed by atoms with Crippen molar-refractivity contribution in [3.63, 3.8) is 0 Å². The number of methoxy groups -OCH3 is 1. The van der Waals surface area contributed by atoms with Gasteiger partial charge in [-0.25, -0.2) is 4.39 Å². The highest BCUT2D eigenvalue weighted by Crippen LogP contribution is 2.16. The molecule has 0 spiro atoms. The Kier molecular flexibility index (Phi) is 6.65. The summed E-state index contributed by atoms with van der Waals surface area (Å²) in [5.41, 5.74) is 1.04. The van der Waals surface area contributed by atoms with E-state index in [0.717, 1.165) is 57.0 Å². The molecule has 0 aliphatic carbocycles. The molecule has 1 aliphatic rings. The summed E-state index contributed by atoms with van der Waals surface area (Å²) < 4.78 is 18.3. The second-order valence-electron chi connectivity index (χ2n) is 5.76. The van der Waals surface area contributed by atoms with Crippen LogP contribution in [0.25, 0.3) is 0 Å². The van der Waals surface area contributed by atoms with Crippen LogP contribution in [0.1, 0.15) is 18.4 Å². The normalized spacial score (nSPS) is 18.8. The smallest absolute Gasteiger partial charge is 0.193 e. The highest BCUT2D eigenvalue weighted by atomic mass is 19.1. The van der Waals surface area contributed by atoms with Gasteiger partial charge < -0.3 is 15.0 Å². The topological polar surface area (TPSA) is 36.9 Å². The quantitative estimate of drug-likeness (QED) is 0.498. The molecule has 1 fully saturated rings. The summed E-state index contributed by atoms with van der Waals surface area (Å²) >= 11 is 0. The lowest BCUT2D eigenvalue weighted by molar-refractivity contribution is 0.157. The van der Waals surface area contributed by atoms with Crippen molar-refractivity contribution in [1.29, 1.82) is 0 Å². The number of rotatable bonds is 6. The van der Waals surface area contributed by atoms with Crippen molar-refractivity contribution in [2.45, 2.75) is 19.3 Å². The number of ether oxygens (including phenoxy) is 1. The number of aliphatic imine (C=N–C) groups is 1. The van der Waals surface area contributed by atoms with Gasteiger partial charge >= 0.3 is 0 Å². The summed E-state index contributed by atoms with van der Waals surface area (Å²) in [6, 6.07) is 6.81. The molecule has 1 aromatic carbocycles. The maximum absolute atomic E-state index is 13.1.